The lowest BCUT2D eigenvalue weighted by atomic mass is 9.85. The van der Waals surface area contributed by atoms with Crippen LogP contribution >= 0.6 is 0 Å². The summed E-state index contributed by atoms with van der Waals surface area (Å²) in [6.07, 6.45) is 3.44. The minimum Gasteiger partial charge on any atom is -0.441 e. The van der Waals surface area contributed by atoms with Crippen molar-refractivity contribution in [1.82, 2.24) is 4.98 Å². The van der Waals surface area contributed by atoms with Gasteiger partial charge in [-0.2, -0.15) is 0 Å². The molecule has 1 aromatic heterocycles. The third-order valence-corrected chi connectivity index (χ3v) is 4.35. The first-order valence-electron chi connectivity index (χ1n) is 7.99. The van der Waals surface area contributed by atoms with Crippen LogP contribution in [0.15, 0.2) is 28.7 Å². The average Bonchev–Trinajstić information content (AvgIpc) is 2.86. The lowest BCUT2D eigenvalue weighted by Gasteiger charge is -2.33. The van der Waals surface area contributed by atoms with Crippen LogP contribution in [-0.4, -0.2) is 21.8 Å². The minimum atomic E-state index is -0.638. The highest BCUT2D eigenvalue weighted by molar-refractivity contribution is 5.53. The van der Waals surface area contributed by atoms with Gasteiger partial charge in [-0.05, 0) is 57.4 Å². The van der Waals surface area contributed by atoms with Crippen molar-refractivity contribution in [2.45, 2.75) is 57.8 Å². The first kappa shape index (κ1) is 16.1. The normalized spacial score (nSPS) is 24.8. The molecule has 5 heteroatoms. The summed E-state index contributed by atoms with van der Waals surface area (Å²) in [4.78, 5) is 4.45. The van der Waals surface area contributed by atoms with E-state index in [9.17, 15) is 9.50 Å². The van der Waals surface area contributed by atoms with E-state index in [1.54, 1.807) is 12.1 Å². The summed E-state index contributed by atoms with van der Waals surface area (Å²) in [7, 11) is 0. The van der Waals surface area contributed by atoms with Gasteiger partial charge in [0.05, 0.1) is 18.3 Å². The Morgan fingerprint density at radius 2 is 2.13 bits per heavy atom. The van der Waals surface area contributed by atoms with Crippen molar-refractivity contribution < 1.29 is 18.7 Å². The van der Waals surface area contributed by atoms with Crippen molar-refractivity contribution in [3.05, 3.63) is 41.5 Å². The van der Waals surface area contributed by atoms with Crippen molar-refractivity contribution in [3.8, 4) is 11.5 Å². The van der Waals surface area contributed by atoms with E-state index < -0.39 is 5.60 Å². The third-order valence-electron chi connectivity index (χ3n) is 4.35. The number of aromatic nitrogens is 1. The maximum absolute atomic E-state index is 13.0. The molecule has 0 saturated heterocycles. The Balaban J connectivity index is 1.66. The molecule has 4 nitrogen and oxygen atoms in total. The smallest absolute Gasteiger partial charge is 0.226 e. The Labute approximate surface area is 135 Å². The lowest BCUT2D eigenvalue weighted by molar-refractivity contribution is -0.0678. The van der Waals surface area contributed by atoms with Crippen LogP contribution < -0.4 is 0 Å². The highest BCUT2D eigenvalue weighted by Crippen LogP contribution is 2.30. The van der Waals surface area contributed by atoms with Gasteiger partial charge in [0.25, 0.3) is 0 Å². The molecule has 3 rings (SSSR count). The Kier molecular flexibility index (Phi) is 4.50. The number of benzene rings is 1. The number of nitrogens with zero attached hydrogens (tertiary/aromatic N) is 1. The quantitative estimate of drug-likeness (QED) is 0.925. The molecule has 0 aliphatic heterocycles. The topological polar surface area (TPSA) is 55.5 Å². The fraction of sp³-hybridized carbons (Fsp3) is 0.500. The fourth-order valence-corrected chi connectivity index (χ4v) is 3.02. The molecule has 0 bridgehead atoms. The molecule has 1 aliphatic carbocycles. The average molecular weight is 319 g/mol. The fourth-order valence-electron chi connectivity index (χ4n) is 3.02. The minimum absolute atomic E-state index is 0.0455. The predicted octanol–water partition coefficient (Wildman–Crippen LogP) is 4.00. The van der Waals surface area contributed by atoms with Gasteiger partial charge in [0.1, 0.15) is 17.3 Å². The molecule has 2 atom stereocenters. The standard InChI is InChI=1S/C18H22FNO3/c1-12-16(11-22-15-4-3-9-18(2,21)10-15)20-17(23-12)13-5-7-14(19)8-6-13/h5-8,15,21H,3-4,9-11H2,1-2H3/t15?,18-/m0/s1. The lowest BCUT2D eigenvalue weighted by Crippen LogP contribution is -2.35. The summed E-state index contributed by atoms with van der Waals surface area (Å²) in [5, 5.41) is 10.1. The molecule has 0 radical (unpaired) electrons. The van der Waals surface area contributed by atoms with Crippen molar-refractivity contribution >= 4 is 0 Å². The zero-order valence-corrected chi connectivity index (χ0v) is 13.5. The Hall–Kier alpha value is -1.72. The van der Waals surface area contributed by atoms with E-state index in [-0.39, 0.29) is 11.9 Å². The second-order valence-corrected chi connectivity index (χ2v) is 6.56. The van der Waals surface area contributed by atoms with E-state index in [0.717, 1.165) is 30.5 Å². The molecule has 1 aliphatic rings. The van der Waals surface area contributed by atoms with Gasteiger partial charge in [0.15, 0.2) is 0 Å². The summed E-state index contributed by atoms with van der Waals surface area (Å²) in [6, 6.07) is 6.05. The van der Waals surface area contributed by atoms with Gasteiger partial charge in [-0.1, -0.05) is 0 Å². The number of hydrogen-bond acceptors (Lipinski definition) is 4. The zero-order chi connectivity index (χ0) is 16.4. The third kappa shape index (κ3) is 3.98. The molecular formula is C18H22FNO3. The number of halogens is 1. The Bertz CT molecular complexity index is 663. The van der Waals surface area contributed by atoms with Gasteiger partial charge in [0, 0.05) is 12.0 Å². The first-order chi connectivity index (χ1) is 10.9. The van der Waals surface area contributed by atoms with Crippen LogP contribution in [0.25, 0.3) is 11.5 Å². The maximum atomic E-state index is 13.0. The van der Waals surface area contributed by atoms with Crippen LogP contribution in [0.4, 0.5) is 4.39 Å². The van der Waals surface area contributed by atoms with Gasteiger partial charge >= 0.3 is 0 Å². The molecule has 2 aromatic rings. The molecular weight excluding hydrogens is 297 g/mol. The Morgan fingerprint density at radius 1 is 1.39 bits per heavy atom. The first-order valence-corrected chi connectivity index (χ1v) is 7.99. The van der Waals surface area contributed by atoms with E-state index in [2.05, 4.69) is 4.98 Å². The second-order valence-electron chi connectivity index (χ2n) is 6.56. The summed E-state index contributed by atoms with van der Waals surface area (Å²) in [5.41, 5.74) is 0.844. The van der Waals surface area contributed by atoms with E-state index in [1.165, 1.54) is 12.1 Å². The molecule has 1 N–H and O–H groups in total. The van der Waals surface area contributed by atoms with Crippen LogP contribution in [0, 0.1) is 12.7 Å². The number of ether oxygens (including phenoxy) is 1. The predicted molar refractivity (Wildman–Crippen MR) is 84.3 cm³/mol. The van der Waals surface area contributed by atoms with Crippen LogP contribution in [0.1, 0.15) is 44.1 Å². The van der Waals surface area contributed by atoms with Crippen molar-refractivity contribution in [3.63, 3.8) is 0 Å². The van der Waals surface area contributed by atoms with Gasteiger partial charge in [0.2, 0.25) is 5.89 Å². The largest absolute Gasteiger partial charge is 0.441 e. The highest BCUT2D eigenvalue weighted by Gasteiger charge is 2.30. The van der Waals surface area contributed by atoms with E-state index in [4.69, 9.17) is 9.15 Å². The molecule has 1 heterocycles. The summed E-state index contributed by atoms with van der Waals surface area (Å²) in [5.74, 6) is 0.883. The van der Waals surface area contributed by atoms with E-state index in [0.29, 0.717) is 24.7 Å². The molecule has 23 heavy (non-hydrogen) atoms. The van der Waals surface area contributed by atoms with Gasteiger partial charge in [-0.15, -0.1) is 0 Å². The SMILES string of the molecule is Cc1oc(-c2ccc(F)cc2)nc1COC1CCC[C@](C)(O)C1. The molecule has 1 aromatic carbocycles. The van der Waals surface area contributed by atoms with Crippen molar-refractivity contribution in [2.75, 3.05) is 0 Å². The van der Waals surface area contributed by atoms with Crippen LogP contribution in [0.2, 0.25) is 0 Å². The molecule has 0 amide bonds. The van der Waals surface area contributed by atoms with E-state index >= 15 is 0 Å². The maximum Gasteiger partial charge on any atom is 0.226 e. The number of rotatable bonds is 4. The van der Waals surface area contributed by atoms with Crippen LogP contribution in [0.5, 0.6) is 0 Å². The number of hydrogen-bond donors (Lipinski definition) is 1. The van der Waals surface area contributed by atoms with Gasteiger partial charge < -0.3 is 14.3 Å². The number of aliphatic hydroxyl groups is 1. The van der Waals surface area contributed by atoms with Crippen molar-refractivity contribution in [1.29, 1.82) is 0 Å². The van der Waals surface area contributed by atoms with Crippen LogP contribution in [0.3, 0.4) is 0 Å². The second kappa shape index (κ2) is 6.42. The van der Waals surface area contributed by atoms with Crippen molar-refractivity contribution in [2.24, 2.45) is 0 Å². The monoisotopic (exact) mass is 319 g/mol. The van der Waals surface area contributed by atoms with Gasteiger partial charge in [-0.25, -0.2) is 9.37 Å². The molecule has 1 saturated carbocycles. The van der Waals surface area contributed by atoms with Crippen LogP contribution in [-0.2, 0) is 11.3 Å². The van der Waals surface area contributed by atoms with Gasteiger partial charge in [-0.3, -0.25) is 0 Å². The number of aryl methyl sites for hydroxylation is 1. The summed E-state index contributed by atoms with van der Waals surface area (Å²) in [6.45, 7) is 4.06. The zero-order valence-electron chi connectivity index (χ0n) is 13.5. The summed E-state index contributed by atoms with van der Waals surface area (Å²) < 4.78 is 24.6. The molecule has 1 fully saturated rings. The highest BCUT2D eigenvalue weighted by atomic mass is 19.1. The number of oxazole rings is 1. The Morgan fingerprint density at radius 3 is 2.83 bits per heavy atom. The van der Waals surface area contributed by atoms with E-state index in [1.807, 2.05) is 13.8 Å². The summed E-state index contributed by atoms with van der Waals surface area (Å²) >= 11 is 0. The molecule has 0 spiro atoms. The molecule has 124 valence electrons. The molecule has 1 unspecified atom stereocenters.